The van der Waals surface area contributed by atoms with Crippen molar-refractivity contribution in [2.24, 2.45) is 0 Å². The van der Waals surface area contributed by atoms with Crippen molar-refractivity contribution < 1.29 is 4.39 Å². The number of nitrogens with zero attached hydrogens (tertiary/aromatic N) is 2. The highest BCUT2D eigenvalue weighted by Crippen LogP contribution is 2.21. The molecule has 0 atom stereocenters. The number of rotatable bonds is 2. The van der Waals surface area contributed by atoms with E-state index < -0.39 is 0 Å². The Kier molecular flexibility index (Phi) is 3.05. The highest BCUT2D eigenvalue weighted by Gasteiger charge is 2.04. The summed E-state index contributed by atoms with van der Waals surface area (Å²) in [6.45, 7) is 0. The SMILES string of the molecule is Fc1cccc(-c2cnn(-c3cccc(Cl)c3)c2)c1. The summed E-state index contributed by atoms with van der Waals surface area (Å²) in [5.41, 5.74) is 2.53. The summed E-state index contributed by atoms with van der Waals surface area (Å²) in [5, 5.41) is 4.92. The van der Waals surface area contributed by atoms with Crippen molar-refractivity contribution in [1.29, 1.82) is 0 Å². The van der Waals surface area contributed by atoms with Crippen LogP contribution in [0.15, 0.2) is 60.9 Å². The van der Waals surface area contributed by atoms with Crippen molar-refractivity contribution in [2.75, 3.05) is 0 Å². The van der Waals surface area contributed by atoms with Gasteiger partial charge >= 0.3 is 0 Å². The molecule has 0 aliphatic rings. The molecule has 0 bridgehead atoms. The fourth-order valence-electron chi connectivity index (χ4n) is 1.90. The average molecular weight is 273 g/mol. The Morgan fingerprint density at radius 3 is 2.63 bits per heavy atom. The highest BCUT2D eigenvalue weighted by atomic mass is 35.5. The molecular weight excluding hydrogens is 263 g/mol. The van der Waals surface area contributed by atoms with Crippen LogP contribution in [-0.2, 0) is 0 Å². The Morgan fingerprint density at radius 1 is 1.00 bits per heavy atom. The summed E-state index contributed by atoms with van der Waals surface area (Å²) in [6.07, 6.45) is 3.55. The first-order chi connectivity index (χ1) is 9.22. The van der Waals surface area contributed by atoms with Crippen LogP contribution >= 0.6 is 11.6 Å². The second-order valence-corrected chi connectivity index (χ2v) is 4.60. The molecule has 4 heteroatoms. The molecule has 2 nitrogen and oxygen atoms in total. The van der Waals surface area contributed by atoms with Crippen molar-refractivity contribution in [3.63, 3.8) is 0 Å². The minimum Gasteiger partial charge on any atom is -0.240 e. The normalized spacial score (nSPS) is 10.6. The maximum absolute atomic E-state index is 13.2. The van der Waals surface area contributed by atoms with E-state index in [9.17, 15) is 4.39 Å². The summed E-state index contributed by atoms with van der Waals surface area (Å²) in [4.78, 5) is 0. The lowest BCUT2D eigenvalue weighted by atomic mass is 10.1. The average Bonchev–Trinajstić information content (AvgIpc) is 2.88. The van der Waals surface area contributed by atoms with Crippen molar-refractivity contribution in [1.82, 2.24) is 9.78 Å². The second-order valence-electron chi connectivity index (χ2n) is 4.16. The minimum atomic E-state index is -0.256. The van der Waals surface area contributed by atoms with Crippen LogP contribution in [0.1, 0.15) is 0 Å². The van der Waals surface area contributed by atoms with Gasteiger partial charge in [-0.2, -0.15) is 5.10 Å². The molecule has 1 heterocycles. The zero-order chi connectivity index (χ0) is 13.2. The zero-order valence-corrected chi connectivity index (χ0v) is 10.7. The van der Waals surface area contributed by atoms with Gasteiger partial charge < -0.3 is 0 Å². The Hall–Kier alpha value is -2.13. The maximum atomic E-state index is 13.2. The first-order valence-corrected chi connectivity index (χ1v) is 6.17. The molecule has 0 aliphatic carbocycles. The van der Waals surface area contributed by atoms with Crippen LogP contribution in [0.3, 0.4) is 0 Å². The monoisotopic (exact) mass is 272 g/mol. The molecule has 0 saturated heterocycles. The number of hydrogen-bond donors (Lipinski definition) is 0. The quantitative estimate of drug-likeness (QED) is 0.679. The zero-order valence-electron chi connectivity index (χ0n) is 9.92. The minimum absolute atomic E-state index is 0.256. The van der Waals surface area contributed by atoms with Gasteiger partial charge in [-0.15, -0.1) is 0 Å². The Morgan fingerprint density at radius 2 is 1.84 bits per heavy atom. The van der Waals surface area contributed by atoms with E-state index in [1.165, 1.54) is 12.1 Å². The third kappa shape index (κ3) is 2.51. The van der Waals surface area contributed by atoms with Crippen LogP contribution in [0.4, 0.5) is 4.39 Å². The molecule has 1 aromatic heterocycles. The lowest BCUT2D eigenvalue weighted by molar-refractivity contribution is 0.628. The third-order valence-electron chi connectivity index (χ3n) is 2.81. The van der Waals surface area contributed by atoms with Crippen LogP contribution < -0.4 is 0 Å². The van der Waals surface area contributed by atoms with E-state index in [2.05, 4.69) is 5.10 Å². The number of hydrogen-bond acceptors (Lipinski definition) is 1. The Bertz CT molecular complexity index is 661. The summed E-state index contributed by atoms with van der Waals surface area (Å²) in [6, 6.07) is 13.8. The summed E-state index contributed by atoms with van der Waals surface area (Å²) in [7, 11) is 0. The molecule has 2 aromatic carbocycles. The molecule has 3 aromatic rings. The fourth-order valence-corrected chi connectivity index (χ4v) is 2.08. The molecule has 0 fully saturated rings. The lowest BCUT2D eigenvalue weighted by Gasteiger charge is -2.01. The predicted molar refractivity (Wildman–Crippen MR) is 74.0 cm³/mol. The fraction of sp³-hybridized carbons (Fsp3) is 0. The van der Waals surface area contributed by atoms with Gasteiger partial charge in [-0.3, -0.25) is 0 Å². The summed E-state index contributed by atoms with van der Waals surface area (Å²) in [5.74, 6) is -0.256. The summed E-state index contributed by atoms with van der Waals surface area (Å²) < 4.78 is 14.9. The van der Waals surface area contributed by atoms with E-state index >= 15 is 0 Å². The highest BCUT2D eigenvalue weighted by molar-refractivity contribution is 6.30. The first kappa shape index (κ1) is 11.9. The number of aromatic nitrogens is 2. The molecular formula is C15H10ClFN2. The topological polar surface area (TPSA) is 17.8 Å². The summed E-state index contributed by atoms with van der Waals surface area (Å²) >= 11 is 5.95. The van der Waals surface area contributed by atoms with E-state index in [1.807, 2.05) is 36.5 Å². The molecule has 0 radical (unpaired) electrons. The molecule has 94 valence electrons. The van der Waals surface area contributed by atoms with Crippen molar-refractivity contribution in [2.45, 2.75) is 0 Å². The van der Waals surface area contributed by atoms with E-state index in [4.69, 9.17) is 11.6 Å². The van der Waals surface area contributed by atoms with Crippen LogP contribution in [-0.4, -0.2) is 9.78 Å². The second kappa shape index (κ2) is 4.86. The standard InChI is InChI=1S/C15H10ClFN2/c16-13-4-2-6-15(8-13)19-10-12(9-18-19)11-3-1-5-14(17)7-11/h1-10H. The maximum Gasteiger partial charge on any atom is 0.123 e. The van der Waals surface area contributed by atoms with Crippen molar-refractivity contribution in [3.05, 3.63) is 71.8 Å². The van der Waals surface area contributed by atoms with Gasteiger partial charge in [-0.25, -0.2) is 9.07 Å². The van der Waals surface area contributed by atoms with Gasteiger partial charge in [-0.05, 0) is 35.9 Å². The van der Waals surface area contributed by atoms with E-state index in [1.54, 1.807) is 16.9 Å². The van der Waals surface area contributed by atoms with Gasteiger partial charge in [0, 0.05) is 16.8 Å². The van der Waals surface area contributed by atoms with Crippen molar-refractivity contribution in [3.8, 4) is 16.8 Å². The first-order valence-electron chi connectivity index (χ1n) is 5.79. The lowest BCUT2D eigenvalue weighted by Crippen LogP contribution is -1.92. The molecule has 0 amide bonds. The van der Waals surface area contributed by atoms with E-state index in [-0.39, 0.29) is 5.82 Å². The van der Waals surface area contributed by atoms with Gasteiger partial charge in [0.1, 0.15) is 5.82 Å². The van der Waals surface area contributed by atoms with E-state index in [0.717, 1.165) is 16.8 Å². The Labute approximate surface area is 115 Å². The molecule has 0 unspecified atom stereocenters. The smallest absolute Gasteiger partial charge is 0.123 e. The van der Waals surface area contributed by atoms with Gasteiger partial charge in [0.2, 0.25) is 0 Å². The van der Waals surface area contributed by atoms with Gasteiger partial charge in [-0.1, -0.05) is 29.8 Å². The van der Waals surface area contributed by atoms with E-state index in [0.29, 0.717) is 5.02 Å². The molecule has 0 aliphatic heterocycles. The molecule has 0 spiro atoms. The van der Waals surface area contributed by atoms with Gasteiger partial charge in [0.05, 0.1) is 11.9 Å². The van der Waals surface area contributed by atoms with Crippen LogP contribution in [0.25, 0.3) is 16.8 Å². The molecule has 3 rings (SSSR count). The predicted octanol–water partition coefficient (Wildman–Crippen LogP) is 4.33. The molecule has 0 saturated carbocycles. The molecule has 0 N–H and O–H groups in total. The van der Waals surface area contributed by atoms with Crippen LogP contribution in [0, 0.1) is 5.82 Å². The number of halogens is 2. The van der Waals surface area contributed by atoms with Gasteiger partial charge in [0.25, 0.3) is 0 Å². The van der Waals surface area contributed by atoms with Crippen molar-refractivity contribution >= 4 is 11.6 Å². The number of benzene rings is 2. The van der Waals surface area contributed by atoms with Crippen LogP contribution in [0.5, 0.6) is 0 Å². The van der Waals surface area contributed by atoms with Crippen LogP contribution in [0.2, 0.25) is 5.02 Å². The largest absolute Gasteiger partial charge is 0.240 e. The Balaban J connectivity index is 2.00. The molecule has 19 heavy (non-hydrogen) atoms. The van der Waals surface area contributed by atoms with Gasteiger partial charge in [0.15, 0.2) is 0 Å². The third-order valence-corrected chi connectivity index (χ3v) is 3.05.